The van der Waals surface area contributed by atoms with Crippen LogP contribution in [0, 0.1) is 13.8 Å². The summed E-state index contributed by atoms with van der Waals surface area (Å²) in [6.45, 7) is 3.83. The van der Waals surface area contributed by atoms with Gasteiger partial charge in [0.05, 0.1) is 0 Å². The molecule has 4 heteroatoms. The second-order valence-corrected chi connectivity index (χ2v) is 3.56. The fourth-order valence-electron chi connectivity index (χ4n) is 1.54. The molecule has 2 aromatic rings. The lowest BCUT2D eigenvalue weighted by molar-refractivity contribution is 0.111. The van der Waals surface area contributed by atoms with Crippen molar-refractivity contribution in [1.29, 1.82) is 0 Å². The fraction of sp³-hybridized carbons (Fsp3) is 0.167. The van der Waals surface area contributed by atoms with Crippen molar-refractivity contribution in [3.05, 3.63) is 41.5 Å². The quantitative estimate of drug-likeness (QED) is 0.715. The number of hydrogen-bond donors (Lipinski definition) is 0. The molecular weight excluding hydrogens is 202 g/mol. The second kappa shape index (κ2) is 4.18. The Labute approximate surface area is 93.4 Å². The summed E-state index contributed by atoms with van der Waals surface area (Å²) in [6.07, 6.45) is 2.29. The van der Waals surface area contributed by atoms with E-state index in [0.29, 0.717) is 17.8 Å². The molecule has 16 heavy (non-hydrogen) atoms. The van der Waals surface area contributed by atoms with Gasteiger partial charge in [0.1, 0.15) is 5.69 Å². The third kappa shape index (κ3) is 2.11. The average molecular weight is 213 g/mol. The first-order chi connectivity index (χ1) is 7.69. The molecule has 2 aromatic heterocycles. The lowest BCUT2D eigenvalue weighted by Crippen LogP contribution is -1.95. The van der Waals surface area contributed by atoms with Crippen LogP contribution in [0.4, 0.5) is 0 Å². The maximum absolute atomic E-state index is 10.6. The standard InChI is InChI=1S/C12H11N3O/c1-8-5-10(6-9(2)14-8)12-13-4-3-11(7-16)15-12/h3-7H,1-2H3. The summed E-state index contributed by atoms with van der Waals surface area (Å²) < 4.78 is 0. The Morgan fingerprint density at radius 2 is 1.81 bits per heavy atom. The number of pyridine rings is 1. The number of aldehydes is 1. The summed E-state index contributed by atoms with van der Waals surface area (Å²) in [5.41, 5.74) is 3.09. The molecule has 0 saturated heterocycles. The van der Waals surface area contributed by atoms with Crippen molar-refractivity contribution < 1.29 is 4.79 Å². The number of hydrogen-bond acceptors (Lipinski definition) is 4. The molecule has 0 fully saturated rings. The average Bonchev–Trinajstić information content (AvgIpc) is 2.28. The van der Waals surface area contributed by atoms with Crippen LogP contribution >= 0.6 is 0 Å². The predicted molar refractivity (Wildman–Crippen MR) is 60.1 cm³/mol. The zero-order valence-corrected chi connectivity index (χ0v) is 9.14. The van der Waals surface area contributed by atoms with E-state index in [1.165, 1.54) is 0 Å². The number of aromatic nitrogens is 3. The van der Waals surface area contributed by atoms with Gasteiger partial charge in [0.25, 0.3) is 0 Å². The van der Waals surface area contributed by atoms with Crippen LogP contribution in [-0.4, -0.2) is 21.2 Å². The zero-order valence-electron chi connectivity index (χ0n) is 9.14. The van der Waals surface area contributed by atoms with Crippen LogP contribution < -0.4 is 0 Å². The van der Waals surface area contributed by atoms with E-state index >= 15 is 0 Å². The van der Waals surface area contributed by atoms with E-state index in [0.717, 1.165) is 17.0 Å². The van der Waals surface area contributed by atoms with Crippen LogP contribution in [0.3, 0.4) is 0 Å². The van der Waals surface area contributed by atoms with Crippen LogP contribution in [0.15, 0.2) is 24.4 Å². The molecule has 2 heterocycles. The molecule has 0 atom stereocenters. The fourth-order valence-corrected chi connectivity index (χ4v) is 1.54. The van der Waals surface area contributed by atoms with Gasteiger partial charge in [0.15, 0.2) is 12.1 Å². The van der Waals surface area contributed by atoms with E-state index in [2.05, 4.69) is 15.0 Å². The Morgan fingerprint density at radius 3 is 2.44 bits per heavy atom. The van der Waals surface area contributed by atoms with Crippen LogP contribution in [0.25, 0.3) is 11.4 Å². The number of rotatable bonds is 2. The Hall–Kier alpha value is -2.10. The summed E-state index contributed by atoms with van der Waals surface area (Å²) >= 11 is 0. The summed E-state index contributed by atoms with van der Waals surface area (Å²) in [5.74, 6) is 0.554. The summed E-state index contributed by atoms with van der Waals surface area (Å²) in [4.78, 5) is 23.2. The van der Waals surface area contributed by atoms with E-state index in [9.17, 15) is 4.79 Å². The third-order valence-electron chi connectivity index (χ3n) is 2.14. The number of carbonyl (C=O) groups excluding carboxylic acids is 1. The lowest BCUT2D eigenvalue weighted by Gasteiger charge is -2.03. The molecule has 0 saturated carbocycles. The van der Waals surface area contributed by atoms with E-state index in [1.807, 2.05) is 26.0 Å². The second-order valence-electron chi connectivity index (χ2n) is 3.56. The maximum atomic E-state index is 10.6. The number of nitrogens with zero attached hydrogens (tertiary/aromatic N) is 3. The third-order valence-corrected chi connectivity index (χ3v) is 2.14. The van der Waals surface area contributed by atoms with E-state index in [4.69, 9.17) is 0 Å². The Morgan fingerprint density at radius 1 is 1.12 bits per heavy atom. The van der Waals surface area contributed by atoms with Crippen LogP contribution in [-0.2, 0) is 0 Å². The van der Waals surface area contributed by atoms with Gasteiger partial charge in [0.2, 0.25) is 0 Å². The van der Waals surface area contributed by atoms with Gasteiger partial charge in [-0.25, -0.2) is 9.97 Å². The molecule has 0 unspecified atom stereocenters. The molecular formula is C12H11N3O. The highest BCUT2D eigenvalue weighted by molar-refractivity contribution is 5.72. The first-order valence-electron chi connectivity index (χ1n) is 4.93. The first kappa shape index (κ1) is 10.4. The highest BCUT2D eigenvalue weighted by atomic mass is 16.1. The summed E-state index contributed by atoms with van der Waals surface area (Å²) in [7, 11) is 0. The molecule has 0 N–H and O–H groups in total. The van der Waals surface area contributed by atoms with E-state index < -0.39 is 0 Å². The van der Waals surface area contributed by atoms with Crippen LogP contribution in [0.5, 0.6) is 0 Å². The minimum atomic E-state index is 0.386. The van der Waals surface area contributed by atoms with E-state index in [-0.39, 0.29) is 0 Å². The molecule has 0 radical (unpaired) electrons. The first-order valence-corrected chi connectivity index (χ1v) is 4.93. The molecule has 0 aliphatic carbocycles. The molecule has 0 amide bonds. The van der Waals surface area contributed by atoms with Crippen molar-refractivity contribution in [2.24, 2.45) is 0 Å². The van der Waals surface area contributed by atoms with Gasteiger partial charge in [0, 0.05) is 23.1 Å². The minimum Gasteiger partial charge on any atom is -0.296 e. The van der Waals surface area contributed by atoms with Crippen molar-refractivity contribution in [2.75, 3.05) is 0 Å². The summed E-state index contributed by atoms with van der Waals surface area (Å²) in [5, 5.41) is 0. The number of carbonyl (C=O) groups is 1. The van der Waals surface area contributed by atoms with Gasteiger partial charge in [-0.1, -0.05) is 0 Å². The van der Waals surface area contributed by atoms with Crippen molar-refractivity contribution in [1.82, 2.24) is 15.0 Å². The molecule has 0 aliphatic heterocycles. The molecule has 80 valence electrons. The molecule has 0 bridgehead atoms. The molecule has 2 rings (SSSR count). The van der Waals surface area contributed by atoms with Gasteiger partial charge < -0.3 is 0 Å². The SMILES string of the molecule is Cc1cc(-c2nccc(C=O)n2)cc(C)n1. The van der Waals surface area contributed by atoms with Crippen molar-refractivity contribution in [3.63, 3.8) is 0 Å². The normalized spacial score (nSPS) is 10.1. The summed E-state index contributed by atoms with van der Waals surface area (Å²) in [6, 6.07) is 5.38. The Bertz CT molecular complexity index is 517. The van der Waals surface area contributed by atoms with Gasteiger partial charge in [-0.15, -0.1) is 0 Å². The Kier molecular flexibility index (Phi) is 2.72. The minimum absolute atomic E-state index is 0.386. The van der Waals surface area contributed by atoms with Crippen LogP contribution in [0.2, 0.25) is 0 Å². The monoisotopic (exact) mass is 213 g/mol. The highest BCUT2D eigenvalue weighted by Crippen LogP contribution is 2.16. The molecule has 0 aliphatic rings. The largest absolute Gasteiger partial charge is 0.296 e. The maximum Gasteiger partial charge on any atom is 0.168 e. The van der Waals surface area contributed by atoms with Gasteiger partial charge in [-0.05, 0) is 32.0 Å². The molecule has 0 spiro atoms. The predicted octanol–water partition coefficient (Wildman–Crippen LogP) is 1.97. The molecule has 4 nitrogen and oxygen atoms in total. The van der Waals surface area contributed by atoms with Gasteiger partial charge in [-0.2, -0.15) is 0 Å². The van der Waals surface area contributed by atoms with Gasteiger partial charge >= 0.3 is 0 Å². The topological polar surface area (TPSA) is 55.7 Å². The lowest BCUT2D eigenvalue weighted by atomic mass is 10.2. The highest BCUT2D eigenvalue weighted by Gasteiger charge is 2.04. The van der Waals surface area contributed by atoms with Gasteiger partial charge in [-0.3, -0.25) is 9.78 Å². The Balaban J connectivity index is 2.53. The zero-order chi connectivity index (χ0) is 11.5. The number of aryl methyl sites for hydroxylation is 2. The van der Waals surface area contributed by atoms with Crippen molar-refractivity contribution in [3.8, 4) is 11.4 Å². The van der Waals surface area contributed by atoms with Crippen molar-refractivity contribution in [2.45, 2.75) is 13.8 Å². The smallest absolute Gasteiger partial charge is 0.168 e. The van der Waals surface area contributed by atoms with E-state index in [1.54, 1.807) is 12.3 Å². The molecule has 0 aromatic carbocycles. The van der Waals surface area contributed by atoms with Crippen molar-refractivity contribution >= 4 is 6.29 Å². The van der Waals surface area contributed by atoms with Crippen LogP contribution in [0.1, 0.15) is 21.9 Å².